The van der Waals surface area contributed by atoms with Crippen LogP contribution in [0.4, 0.5) is 10.8 Å². The predicted octanol–water partition coefficient (Wildman–Crippen LogP) is 3.07. The summed E-state index contributed by atoms with van der Waals surface area (Å²) in [5.41, 5.74) is 6.95. The number of nitrogens with one attached hydrogen (secondary N) is 1. The number of benzene rings is 1. The number of nitrogen functional groups attached to an aromatic ring is 1. The highest BCUT2D eigenvalue weighted by Crippen LogP contribution is 2.34. The molecule has 0 amide bonds. The van der Waals surface area contributed by atoms with Gasteiger partial charge in [-0.1, -0.05) is 12.1 Å². The number of hydrogen-bond donors (Lipinski definition) is 2. The number of nitrogens with zero attached hydrogens (tertiary/aromatic N) is 1. The molecule has 0 spiro atoms. The van der Waals surface area contributed by atoms with E-state index in [9.17, 15) is 0 Å². The summed E-state index contributed by atoms with van der Waals surface area (Å²) in [6.07, 6.45) is 2.00. The van der Waals surface area contributed by atoms with E-state index in [1.54, 1.807) is 18.9 Å². The normalized spacial score (nSPS) is 10.3. The Morgan fingerprint density at radius 2 is 2.33 bits per heavy atom. The van der Waals surface area contributed by atoms with Crippen molar-refractivity contribution in [2.24, 2.45) is 0 Å². The molecule has 0 saturated heterocycles. The molecular weight excluding hydrogens is 266 g/mol. The molecule has 3 N–H and O–H groups in total. The van der Waals surface area contributed by atoms with Crippen molar-refractivity contribution < 1.29 is 4.74 Å². The lowest BCUT2D eigenvalue weighted by atomic mass is 10.2. The number of methoxy groups -OCH3 is 1. The molecule has 18 heavy (non-hydrogen) atoms. The third kappa shape index (κ3) is 2.88. The fraction of sp³-hybridized carbons (Fsp3) is 0.250. The number of aromatic nitrogens is 1. The maximum atomic E-state index is 5.78. The van der Waals surface area contributed by atoms with Crippen LogP contribution < -0.4 is 15.8 Å². The van der Waals surface area contributed by atoms with Crippen molar-refractivity contribution in [1.82, 2.24) is 4.37 Å². The minimum atomic E-state index is 0.598. The highest BCUT2D eigenvalue weighted by atomic mass is 32.2. The van der Waals surface area contributed by atoms with Gasteiger partial charge in [0.15, 0.2) is 5.82 Å². The molecule has 6 heteroatoms. The fourth-order valence-corrected chi connectivity index (χ4v) is 3.11. The minimum Gasteiger partial charge on any atom is -0.497 e. The van der Waals surface area contributed by atoms with Crippen molar-refractivity contribution in [3.8, 4) is 5.75 Å². The second kappa shape index (κ2) is 5.97. The molecule has 0 bridgehead atoms. The van der Waals surface area contributed by atoms with E-state index in [1.807, 2.05) is 24.5 Å². The molecule has 96 valence electrons. The van der Waals surface area contributed by atoms with Gasteiger partial charge < -0.3 is 15.8 Å². The topological polar surface area (TPSA) is 60.2 Å². The Bertz CT molecular complexity index is 528. The number of ether oxygens (including phenoxy) is 1. The SMILES string of the molecule is COc1cccc(CNc2snc(N)c2SC)c1. The van der Waals surface area contributed by atoms with Gasteiger partial charge in [0.25, 0.3) is 0 Å². The summed E-state index contributed by atoms with van der Waals surface area (Å²) in [5, 5.41) is 4.37. The molecule has 1 heterocycles. The summed E-state index contributed by atoms with van der Waals surface area (Å²) in [7, 11) is 1.67. The van der Waals surface area contributed by atoms with E-state index < -0.39 is 0 Å². The zero-order valence-corrected chi connectivity index (χ0v) is 11.9. The standard InChI is InChI=1S/C12H15N3OS2/c1-16-9-5-3-4-8(6-9)7-14-12-10(17-2)11(13)15-18-12/h3-6,14H,7H2,1-2H3,(H2,13,15). The number of nitrogens with two attached hydrogens (primary N) is 1. The maximum Gasteiger partial charge on any atom is 0.153 e. The predicted molar refractivity (Wildman–Crippen MR) is 78.6 cm³/mol. The van der Waals surface area contributed by atoms with Crippen LogP contribution in [0, 0.1) is 0 Å². The second-order valence-corrected chi connectivity index (χ2v) is 5.23. The smallest absolute Gasteiger partial charge is 0.153 e. The van der Waals surface area contributed by atoms with Gasteiger partial charge in [-0.15, -0.1) is 11.8 Å². The zero-order valence-electron chi connectivity index (χ0n) is 10.3. The van der Waals surface area contributed by atoms with Crippen molar-refractivity contribution in [2.75, 3.05) is 24.4 Å². The van der Waals surface area contributed by atoms with Gasteiger partial charge in [-0.2, -0.15) is 4.37 Å². The van der Waals surface area contributed by atoms with Gasteiger partial charge in [0, 0.05) is 6.54 Å². The number of hydrogen-bond acceptors (Lipinski definition) is 6. The van der Waals surface area contributed by atoms with Crippen molar-refractivity contribution in [3.63, 3.8) is 0 Å². The molecule has 0 aliphatic carbocycles. The second-order valence-electron chi connectivity index (χ2n) is 3.64. The minimum absolute atomic E-state index is 0.598. The highest BCUT2D eigenvalue weighted by Gasteiger charge is 2.09. The molecule has 0 radical (unpaired) electrons. The molecule has 0 fully saturated rings. The highest BCUT2D eigenvalue weighted by molar-refractivity contribution is 7.99. The average molecular weight is 281 g/mol. The average Bonchev–Trinajstić information content (AvgIpc) is 2.77. The Hall–Kier alpha value is -1.40. The molecule has 1 aromatic heterocycles. The third-order valence-electron chi connectivity index (χ3n) is 2.47. The van der Waals surface area contributed by atoms with Crippen molar-refractivity contribution >= 4 is 34.1 Å². The van der Waals surface area contributed by atoms with E-state index in [-0.39, 0.29) is 0 Å². The van der Waals surface area contributed by atoms with E-state index in [0.717, 1.165) is 27.8 Å². The molecule has 0 atom stereocenters. The molecule has 0 unspecified atom stereocenters. The van der Waals surface area contributed by atoms with Crippen LogP contribution in [-0.2, 0) is 6.54 Å². The van der Waals surface area contributed by atoms with E-state index in [4.69, 9.17) is 10.5 Å². The first-order valence-electron chi connectivity index (χ1n) is 5.40. The van der Waals surface area contributed by atoms with E-state index in [2.05, 4.69) is 15.8 Å². The van der Waals surface area contributed by atoms with Crippen LogP contribution in [-0.4, -0.2) is 17.7 Å². The summed E-state index contributed by atoms with van der Waals surface area (Å²) in [5.74, 6) is 1.46. The Kier molecular flexibility index (Phi) is 4.33. The number of rotatable bonds is 5. The summed E-state index contributed by atoms with van der Waals surface area (Å²) < 4.78 is 9.34. The van der Waals surface area contributed by atoms with Crippen LogP contribution >= 0.6 is 23.3 Å². The van der Waals surface area contributed by atoms with Gasteiger partial charge >= 0.3 is 0 Å². The van der Waals surface area contributed by atoms with Gasteiger partial charge in [-0.25, -0.2) is 0 Å². The lowest BCUT2D eigenvalue weighted by Crippen LogP contribution is -1.99. The Labute approximate surface area is 115 Å². The molecule has 0 saturated carbocycles. The molecule has 4 nitrogen and oxygen atoms in total. The van der Waals surface area contributed by atoms with E-state index in [1.165, 1.54) is 11.5 Å². The van der Waals surface area contributed by atoms with Crippen LogP contribution in [0.1, 0.15) is 5.56 Å². The molecule has 0 aliphatic heterocycles. The first kappa shape index (κ1) is 13.0. The van der Waals surface area contributed by atoms with E-state index >= 15 is 0 Å². The Morgan fingerprint density at radius 3 is 3.06 bits per heavy atom. The van der Waals surface area contributed by atoms with Crippen LogP contribution in [0.25, 0.3) is 0 Å². The summed E-state index contributed by atoms with van der Waals surface area (Å²) in [6, 6.07) is 7.97. The number of anilines is 2. The lowest BCUT2D eigenvalue weighted by Gasteiger charge is -2.07. The fourth-order valence-electron chi connectivity index (χ4n) is 1.57. The molecular formula is C12H15N3OS2. The van der Waals surface area contributed by atoms with E-state index in [0.29, 0.717) is 5.82 Å². The first-order chi connectivity index (χ1) is 8.74. The van der Waals surface area contributed by atoms with Crippen LogP contribution in [0.5, 0.6) is 5.75 Å². The molecule has 2 rings (SSSR count). The Morgan fingerprint density at radius 1 is 1.50 bits per heavy atom. The van der Waals surface area contributed by atoms with Gasteiger partial charge in [-0.05, 0) is 35.5 Å². The number of thioether (sulfide) groups is 1. The van der Waals surface area contributed by atoms with Crippen LogP contribution in [0.3, 0.4) is 0 Å². The molecule has 0 aliphatic rings. The van der Waals surface area contributed by atoms with Crippen LogP contribution in [0.15, 0.2) is 29.2 Å². The van der Waals surface area contributed by atoms with Crippen LogP contribution in [0.2, 0.25) is 0 Å². The van der Waals surface area contributed by atoms with Gasteiger partial charge in [-0.3, -0.25) is 0 Å². The monoisotopic (exact) mass is 281 g/mol. The summed E-state index contributed by atoms with van der Waals surface area (Å²) in [4.78, 5) is 1.02. The maximum absolute atomic E-state index is 5.78. The Balaban J connectivity index is 2.06. The molecule has 2 aromatic rings. The van der Waals surface area contributed by atoms with Gasteiger partial charge in [0.1, 0.15) is 10.8 Å². The summed E-state index contributed by atoms with van der Waals surface area (Å²) >= 11 is 3.00. The first-order valence-corrected chi connectivity index (χ1v) is 7.40. The van der Waals surface area contributed by atoms with Gasteiger partial charge in [0.2, 0.25) is 0 Å². The van der Waals surface area contributed by atoms with Crippen molar-refractivity contribution in [1.29, 1.82) is 0 Å². The van der Waals surface area contributed by atoms with Crippen molar-refractivity contribution in [2.45, 2.75) is 11.4 Å². The van der Waals surface area contributed by atoms with Crippen molar-refractivity contribution in [3.05, 3.63) is 29.8 Å². The summed E-state index contributed by atoms with van der Waals surface area (Å²) in [6.45, 7) is 0.729. The largest absolute Gasteiger partial charge is 0.497 e. The molecule has 1 aromatic carbocycles. The lowest BCUT2D eigenvalue weighted by molar-refractivity contribution is 0.414. The zero-order chi connectivity index (χ0) is 13.0. The quantitative estimate of drug-likeness (QED) is 0.825. The van der Waals surface area contributed by atoms with Gasteiger partial charge in [0.05, 0.1) is 12.0 Å². The third-order valence-corrected chi connectivity index (χ3v) is 4.24.